The average Bonchev–Trinajstić information content (AvgIpc) is 3.16. The third-order valence-electron chi connectivity index (χ3n) is 4.89. The minimum atomic E-state index is -0.526. The van der Waals surface area contributed by atoms with Crippen LogP contribution in [0.5, 0.6) is 0 Å². The van der Waals surface area contributed by atoms with Crippen molar-refractivity contribution >= 4 is 11.7 Å². The highest BCUT2D eigenvalue weighted by molar-refractivity contribution is 5.98. The number of ketones is 1. The smallest absolute Gasteiger partial charge is 0.221 e. The van der Waals surface area contributed by atoms with Crippen LogP contribution in [0, 0.1) is 5.82 Å². The van der Waals surface area contributed by atoms with Crippen LogP contribution in [-0.4, -0.2) is 21.2 Å². The molecule has 0 bridgehead atoms. The summed E-state index contributed by atoms with van der Waals surface area (Å²) in [5, 5.41) is 2.92. The summed E-state index contributed by atoms with van der Waals surface area (Å²) in [7, 11) is 1.83. The number of imidazole rings is 1. The van der Waals surface area contributed by atoms with Gasteiger partial charge in [0.2, 0.25) is 5.91 Å². The van der Waals surface area contributed by atoms with E-state index >= 15 is 0 Å². The number of benzene rings is 2. The zero-order valence-electron chi connectivity index (χ0n) is 16.6. The van der Waals surface area contributed by atoms with Crippen LogP contribution >= 0.6 is 0 Å². The highest BCUT2D eigenvalue weighted by Gasteiger charge is 2.21. The van der Waals surface area contributed by atoms with Gasteiger partial charge in [-0.05, 0) is 29.7 Å². The lowest BCUT2D eigenvalue weighted by atomic mass is 10.0. The zero-order chi connectivity index (χ0) is 20.8. The van der Waals surface area contributed by atoms with E-state index in [9.17, 15) is 14.0 Å². The summed E-state index contributed by atoms with van der Waals surface area (Å²) in [6.45, 7) is 2.06. The summed E-state index contributed by atoms with van der Waals surface area (Å²) >= 11 is 0. The number of rotatable bonds is 8. The predicted molar refractivity (Wildman–Crippen MR) is 109 cm³/mol. The van der Waals surface area contributed by atoms with E-state index < -0.39 is 6.04 Å². The van der Waals surface area contributed by atoms with Crippen molar-refractivity contribution in [1.82, 2.24) is 14.9 Å². The van der Waals surface area contributed by atoms with Crippen LogP contribution in [0.1, 0.15) is 53.1 Å². The van der Waals surface area contributed by atoms with E-state index in [0.29, 0.717) is 11.4 Å². The number of carbonyl (C=O) groups excluding carboxylic acids is 2. The topological polar surface area (TPSA) is 64.0 Å². The zero-order valence-corrected chi connectivity index (χ0v) is 16.6. The van der Waals surface area contributed by atoms with Gasteiger partial charge in [0.25, 0.3) is 0 Å². The van der Waals surface area contributed by atoms with Gasteiger partial charge in [0.1, 0.15) is 17.7 Å². The van der Waals surface area contributed by atoms with Gasteiger partial charge in [-0.15, -0.1) is 0 Å². The Morgan fingerprint density at radius 3 is 2.34 bits per heavy atom. The van der Waals surface area contributed by atoms with Gasteiger partial charge in [0.15, 0.2) is 5.78 Å². The molecule has 29 heavy (non-hydrogen) atoms. The van der Waals surface area contributed by atoms with E-state index in [4.69, 9.17) is 0 Å². The van der Waals surface area contributed by atoms with Gasteiger partial charge >= 0.3 is 0 Å². The molecule has 0 fully saturated rings. The van der Waals surface area contributed by atoms with Crippen LogP contribution in [0.15, 0.2) is 60.9 Å². The fraction of sp³-hybridized carbons (Fsp3) is 0.261. The van der Waals surface area contributed by atoms with Crippen molar-refractivity contribution in [3.8, 4) is 0 Å². The molecule has 0 spiro atoms. The fourth-order valence-electron chi connectivity index (χ4n) is 3.14. The molecule has 6 heteroatoms. The molecule has 1 heterocycles. The van der Waals surface area contributed by atoms with Crippen molar-refractivity contribution < 1.29 is 14.0 Å². The standard InChI is InChI=1S/C23H24FN3O2/c1-3-16-4-6-17(7-5-16)20(28)12-13-21(29)26-22(23-25-14-15-27(23)2)18-8-10-19(24)11-9-18/h4-11,14-15,22H,3,12-13H2,1-2H3,(H,26,29). The molecule has 2 aromatic carbocycles. The second-order valence-corrected chi connectivity index (χ2v) is 6.92. The van der Waals surface area contributed by atoms with E-state index in [1.807, 2.05) is 19.2 Å². The predicted octanol–water partition coefficient (Wildman–Crippen LogP) is 3.99. The Kier molecular flexibility index (Phi) is 6.54. The molecule has 3 rings (SSSR count). The summed E-state index contributed by atoms with van der Waals surface area (Å²) in [5.41, 5.74) is 2.49. The van der Waals surface area contributed by atoms with E-state index in [0.717, 1.165) is 17.5 Å². The third kappa shape index (κ3) is 5.16. The van der Waals surface area contributed by atoms with Crippen molar-refractivity contribution in [2.24, 2.45) is 7.05 Å². The molecule has 0 saturated heterocycles. The molecular formula is C23H24FN3O2. The van der Waals surface area contributed by atoms with Crippen LogP contribution in [0.3, 0.4) is 0 Å². The first-order valence-electron chi connectivity index (χ1n) is 9.62. The number of aromatic nitrogens is 2. The second-order valence-electron chi connectivity index (χ2n) is 6.92. The number of Topliss-reactive ketones (excluding diaryl/α,β-unsaturated/α-hetero) is 1. The van der Waals surface area contributed by atoms with Crippen LogP contribution < -0.4 is 5.32 Å². The lowest BCUT2D eigenvalue weighted by Crippen LogP contribution is -2.31. The Morgan fingerprint density at radius 2 is 1.76 bits per heavy atom. The highest BCUT2D eigenvalue weighted by Crippen LogP contribution is 2.21. The number of hydrogen-bond acceptors (Lipinski definition) is 3. The molecule has 0 saturated carbocycles. The SMILES string of the molecule is CCc1ccc(C(=O)CCC(=O)NC(c2ccc(F)cc2)c2nccn2C)cc1. The third-order valence-corrected chi connectivity index (χ3v) is 4.89. The molecule has 1 atom stereocenters. The summed E-state index contributed by atoms with van der Waals surface area (Å²) in [6, 6.07) is 12.9. The maximum atomic E-state index is 13.3. The Hall–Kier alpha value is -3.28. The fourth-order valence-corrected chi connectivity index (χ4v) is 3.14. The number of carbonyl (C=O) groups is 2. The molecule has 0 aliphatic heterocycles. The molecule has 0 aliphatic rings. The van der Waals surface area contributed by atoms with Crippen LogP contribution in [0.4, 0.5) is 4.39 Å². The van der Waals surface area contributed by atoms with Gasteiger partial charge in [0.05, 0.1) is 0 Å². The van der Waals surface area contributed by atoms with Crippen molar-refractivity contribution in [2.45, 2.75) is 32.2 Å². The minimum Gasteiger partial charge on any atom is -0.342 e. The van der Waals surface area contributed by atoms with Gasteiger partial charge in [-0.25, -0.2) is 9.37 Å². The summed E-state index contributed by atoms with van der Waals surface area (Å²) in [6.07, 6.45) is 4.52. The second kappa shape index (κ2) is 9.28. The van der Waals surface area contributed by atoms with E-state index in [1.54, 1.807) is 41.2 Å². The summed E-state index contributed by atoms with van der Waals surface area (Å²) < 4.78 is 15.1. The molecular weight excluding hydrogens is 369 g/mol. The van der Waals surface area contributed by atoms with Crippen LogP contribution in [0.25, 0.3) is 0 Å². The Labute approximate surface area is 169 Å². The van der Waals surface area contributed by atoms with Crippen molar-refractivity contribution in [3.63, 3.8) is 0 Å². The molecule has 150 valence electrons. The lowest BCUT2D eigenvalue weighted by molar-refractivity contribution is -0.121. The van der Waals surface area contributed by atoms with Crippen LogP contribution in [-0.2, 0) is 18.3 Å². The largest absolute Gasteiger partial charge is 0.342 e. The Balaban J connectivity index is 1.67. The quantitative estimate of drug-likeness (QED) is 0.589. The van der Waals surface area contributed by atoms with E-state index in [2.05, 4.69) is 17.2 Å². The number of amides is 1. The molecule has 0 radical (unpaired) electrons. The average molecular weight is 393 g/mol. The maximum absolute atomic E-state index is 13.3. The molecule has 0 aliphatic carbocycles. The highest BCUT2D eigenvalue weighted by atomic mass is 19.1. The van der Waals surface area contributed by atoms with Gasteiger partial charge in [-0.3, -0.25) is 9.59 Å². The van der Waals surface area contributed by atoms with Crippen molar-refractivity contribution in [2.75, 3.05) is 0 Å². The summed E-state index contributed by atoms with van der Waals surface area (Å²) in [5.74, 6) is -0.0521. The molecule has 1 unspecified atom stereocenters. The number of aryl methyl sites for hydroxylation is 2. The molecule has 1 N–H and O–H groups in total. The minimum absolute atomic E-state index is 0.0660. The van der Waals surface area contributed by atoms with Gasteiger partial charge < -0.3 is 9.88 Å². The van der Waals surface area contributed by atoms with Crippen LogP contribution in [0.2, 0.25) is 0 Å². The number of hydrogen-bond donors (Lipinski definition) is 1. The van der Waals surface area contributed by atoms with Gasteiger partial charge in [0, 0.05) is 37.8 Å². The number of nitrogens with zero attached hydrogens (tertiary/aromatic N) is 2. The maximum Gasteiger partial charge on any atom is 0.221 e. The lowest BCUT2D eigenvalue weighted by Gasteiger charge is -2.19. The van der Waals surface area contributed by atoms with Crippen molar-refractivity contribution in [3.05, 3.63) is 89.3 Å². The van der Waals surface area contributed by atoms with Gasteiger partial charge in [-0.1, -0.05) is 43.3 Å². The van der Waals surface area contributed by atoms with E-state index in [1.165, 1.54) is 12.1 Å². The molecule has 1 amide bonds. The molecule has 3 aromatic rings. The summed E-state index contributed by atoms with van der Waals surface area (Å²) in [4.78, 5) is 29.3. The Morgan fingerprint density at radius 1 is 1.07 bits per heavy atom. The first kappa shape index (κ1) is 20.5. The van der Waals surface area contributed by atoms with Gasteiger partial charge in [-0.2, -0.15) is 0 Å². The Bertz CT molecular complexity index is 978. The van der Waals surface area contributed by atoms with E-state index in [-0.39, 0.29) is 30.3 Å². The van der Waals surface area contributed by atoms with Crippen molar-refractivity contribution in [1.29, 1.82) is 0 Å². The first-order chi connectivity index (χ1) is 14.0. The first-order valence-corrected chi connectivity index (χ1v) is 9.62. The number of nitrogens with one attached hydrogen (secondary N) is 1. The molecule has 5 nitrogen and oxygen atoms in total. The normalized spacial score (nSPS) is 11.8. The number of halogens is 1. The monoisotopic (exact) mass is 393 g/mol. The molecule has 1 aromatic heterocycles.